The van der Waals surface area contributed by atoms with Crippen LogP contribution in [0.2, 0.25) is 0 Å². The fourth-order valence-corrected chi connectivity index (χ4v) is 4.44. The number of anilines is 1. The van der Waals surface area contributed by atoms with Crippen LogP contribution in [-0.4, -0.2) is 66.6 Å². The minimum Gasteiger partial charge on any atom is -0.381 e. The van der Waals surface area contributed by atoms with E-state index in [4.69, 9.17) is 10.1 Å². The number of benzene rings is 1. The molecule has 0 aromatic heterocycles. The van der Waals surface area contributed by atoms with Gasteiger partial charge in [0, 0.05) is 37.9 Å². The van der Waals surface area contributed by atoms with Crippen LogP contribution >= 0.6 is 0 Å². The predicted molar refractivity (Wildman–Crippen MR) is 118 cm³/mol. The summed E-state index contributed by atoms with van der Waals surface area (Å²) in [5.41, 5.74) is 0.920. The largest absolute Gasteiger partial charge is 0.381 e. The number of carbonyl (C=O) groups is 3. The van der Waals surface area contributed by atoms with Gasteiger partial charge in [-0.25, -0.2) is 0 Å². The van der Waals surface area contributed by atoms with Crippen molar-refractivity contribution in [3.63, 3.8) is 0 Å². The van der Waals surface area contributed by atoms with Crippen molar-refractivity contribution in [3.05, 3.63) is 29.8 Å². The van der Waals surface area contributed by atoms with Gasteiger partial charge in [0.15, 0.2) is 5.78 Å². The Labute approximate surface area is 183 Å². The molecule has 31 heavy (non-hydrogen) atoms. The Bertz CT molecular complexity index is 841. The van der Waals surface area contributed by atoms with Crippen molar-refractivity contribution in [1.82, 2.24) is 10.2 Å². The van der Waals surface area contributed by atoms with E-state index >= 15 is 0 Å². The van der Waals surface area contributed by atoms with Crippen LogP contribution in [0.4, 0.5) is 5.69 Å². The summed E-state index contributed by atoms with van der Waals surface area (Å²) in [6, 6.07) is 6.59. The van der Waals surface area contributed by atoms with Crippen molar-refractivity contribution < 1.29 is 19.1 Å². The van der Waals surface area contributed by atoms with Crippen LogP contribution in [-0.2, 0) is 19.1 Å². The molecule has 1 aliphatic carbocycles. The molecular weight excluding hydrogens is 396 g/mol. The Morgan fingerprint density at radius 2 is 1.94 bits per heavy atom. The number of hydrogen-bond donors (Lipinski definition) is 3. The number of likely N-dealkylation sites (tertiary alicyclic amines) is 1. The number of ketones is 1. The number of methoxy groups -OCH3 is 1. The zero-order chi connectivity index (χ0) is 22.4. The second-order valence-corrected chi connectivity index (χ2v) is 8.31. The van der Waals surface area contributed by atoms with E-state index in [-0.39, 0.29) is 42.0 Å². The molecule has 1 saturated heterocycles. The highest BCUT2D eigenvalue weighted by atomic mass is 16.5. The van der Waals surface area contributed by atoms with Gasteiger partial charge in [-0.3, -0.25) is 19.8 Å². The van der Waals surface area contributed by atoms with Gasteiger partial charge < -0.3 is 20.3 Å². The van der Waals surface area contributed by atoms with Crippen molar-refractivity contribution in [2.45, 2.75) is 63.6 Å². The summed E-state index contributed by atoms with van der Waals surface area (Å²) in [5, 5.41) is 14.1. The molecule has 3 rings (SSSR count). The van der Waals surface area contributed by atoms with Crippen LogP contribution in [0.25, 0.3) is 0 Å². The molecule has 3 atom stereocenters. The maximum absolute atomic E-state index is 12.9. The van der Waals surface area contributed by atoms with E-state index in [1.165, 1.54) is 6.92 Å². The van der Waals surface area contributed by atoms with Crippen molar-refractivity contribution in [3.8, 4) is 0 Å². The third kappa shape index (κ3) is 5.70. The van der Waals surface area contributed by atoms with Crippen molar-refractivity contribution in [1.29, 1.82) is 5.41 Å². The lowest BCUT2D eigenvalue weighted by molar-refractivity contribution is -0.137. The second kappa shape index (κ2) is 10.5. The fraction of sp³-hybridized carbons (Fsp3) is 0.565. The average molecular weight is 429 g/mol. The summed E-state index contributed by atoms with van der Waals surface area (Å²) in [5.74, 6) is -0.595. The van der Waals surface area contributed by atoms with Crippen LogP contribution < -0.4 is 10.6 Å². The first kappa shape index (κ1) is 22.9. The number of ether oxygens (including phenoxy) is 1. The third-order valence-corrected chi connectivity index (χ3v) is 6.16. The van der Waals surface area contributed by atoms with Crippen LogP contribution in [0.15, 0.2) is 24.3 Å². The summed E-state index contributed by atoms with van der Waals surface area (Å²) < 4.78 is 5.44. The maximum Gasteiger partial charge on any atom is 0.243 e. The van der Waals surface area contributed by atoms with E-state index in [0.29, 0.717) is 24.2 Å². The molecule has 0 bridgehead atoms. The second-order valence-electron chi connectivity index (χ2n) is 8.31. The van der Waals surface area contributed by atoms with Gasteiger partial charge in [-0.1, -0.05) is 18.2 Å². The van der Waals surface area contributed by atoms with Crippen molar-refractivity contribution in [2.24, 2.45) is 0 Å². The minimum atomic E-state index is -0.456. The summed E-state index contributed by atoms with van der Waals surface area (Å²) >= 11 is 0. The standard InChI is InChI=1S/C23H32N4O4/c1-15(28)22(24)18-9-3-4-10-19(18)25-14-21(29)27-12-6-11-20(27)23(30)26-16-7-5-8-17(13-16)31-2/h3-4,9-10,16-17,20,24-25H,5-8,11-14H2,1-2H3,(H,26,30)/t16-,17+,20-/m0/s1. The number of para-hydroxylation sites is 1. The Morgan fingerprint density at radius 3 is 2.68 bits per heavy atom. The monoisotopic (exact) mass is 428 g/mol. The number of amides is 2. The maximum atomic E-state index is 12.9. The number of Topliss-reactive ketones (excluding diaryl/α,β-unsaturated/α-hetero) is 1. The normalized spacial score (nSPS) is 23.3. The molecule has 8 heteroatoms. The summed E-state index contributed by atoms with van der Waals surface area (Å²) in [6.45, 7) is 1.90. The lowest BCUT2D eigenvalue weighted by Crippen LogP contribution is -2.51. The molecule has 2 fully saturated rings. The molecule has 1 saturated carbocycles. The Hall–Kier alpha value is -2.74. The van der Waals surface area contributed by atoms with Gasteiger partial charge in [0.1, 0.15) is 11.8 Å². The Kier molecular flexibility index (Phi) is 7.79. The highest BCUT2D eigenvalue weighted by Gasteiger charge is 2.35. The molecule has 0 unspecified atom stereocenters. The molecule has 2 aliphatic rings. The number of carbonyl (C=O) groups excluding carboxylic acids is 3. The predicted octanol–water partition coefficient (Wildman–Crippen LogP) is 2.12. The SMILES string of the molecule is CO[C@@H]1CCC[C@H](NC(=O)[C@@H]2CCCN2C(=O)CNc2ccccc2C(=N)C(C)=O)C1. The van der Waals surface area contributed by atoms with Crippen LogP contribution in [0.3, 0.4) is 0 Å². The summed E-state index contributed by atoms with van der Waals surface area (Å²) in [6.07, 6.45) is 5.42. The first-order valence-corrected chi connectivity index (χ1v) is 11.0. The lowest BCUT2D eigenvalue weighted by Gasteiger charge is -2.31. The van der Waals surface area contributed by atoms with Gasteiger partial charge in [-0.15, -0.1) is 0 Å². The molecule has 1 aromatic carbocycles. The van der Waals surface area contributed by atoms with Gasteiger partial charge in [0.2, 0.25) is 11.8 Å². The quantitative estimate of drug-likeness (QED) is 0.549. The van der Waals surface area contributed by atoms with E-state index in [0.717, 1.165) is 32.1 Å². The van der Waals surface area contributed by atoms with Crippen LogP contribution in [0, 0.1) is 5.41 Å². The fourth-order valence-electron chi connectivity index (χ4n) is 4.44. The number of hydrogen-bond acceptors (Lipinski definition) is 6. The van der Waals surface area contributed by atoms with E-state index in [1.54, 1.807) is 36.3 Å². The number of nitrogens with one attached hydrogen (secondary N) is 3. The molecule has 1 aliphatic heterocycles. The molecule has 3 N–H and O–H groups in total. The Morgan fingerprint density at radius 1 is 1.16 bits per heavy atom. The minimum absolute atomic E-state index is 0.00115. The molecule has 8 nitrogen and oxygen atoms in total. The van der Waals surface area contributed by atoms with Crippen LogP contribution in [0.1, 0.15) is 51.0 Å². The van der Waals surface area contributed by atoms with E-state index in [9.17, 15) is 14.4 Å². The molecule has 0 spiro atoms. The number of rotatable bonds is 8. The van der Waals surface area contributed by atoms with E-state index < -0.39 is 6.04 Å². The lowest BCUT2D eigenvalue weighted by atomic mass is 9.92. The first-order valence-electron chi connectivity index (χ1n) is 11.0. The van der Waals surface area contributed by atoms with E-state index in [2.05, 4.69) is 10.6 Å². The van der Waals surface area contributed by atoms with Crippen LogP contribution in [0.5, 0.6) is 0 Å². The molecule has 168 valence electrons. The topological polar surface area (TPSA) is 112 Å². The first-order chi connectivity index (χ1) is 14.9. The molecule has 2 amide bonds. The highest BCUT2D eigenvalue weighted by molar-refractivity contribution is 6.45. The molecule has 1 heterocycles. The average Bonchev–Trinajstić information content (AvgIpc) is 3.27. The van der Waals surface area contributed by atoms with Gasteiger partial charge >= 0.3 is 0 Å². The molecule has 0 radical (unpaired) electrons. The zero-order valence-electron chi connectivity index (χ0n) is 18.3. The highest BCUT2D eigenvalue weighted by Crippen LogP contribution is 2.23. The van der Waals surface area contributed by atoms with E-state index in [1.807, 2.05) is 0 Å². The molecular formula is C23H32N4O4. The zero-order valence-corrected chi connectivity index (χ0v) is 18.3. The van der Waals surface area contributed by atoms with Gasteiger partial charge in [-0.05, 0) is 44.6 Å². The third-order valence-electron chi connectivity index (χ3n) is 6.16. The van der Waals surface area contributed by atoms with Crippen molar-refractivity contribution in [2.75, 3.05) is 25.5 Å². The van der Waals surface area contributed by atoms with Crippen molar-refractivity contribution >= 4 is 29.0 Å². The van der Waals surface area contributed by atoms with Gasteiger partial charge in [-0.2, -0.15) is 0 Å². The summed E-state index contributed by atoms with van der Waals surface area (Å²) in [4.78, 5) is 39.0. The smallest absolute Gasteiger partial charge is 0.243 e. The Balaban J connectivity index is 1.58. The van der Waals surface area contributed by atoms with Gasteiger partial charge in [0.05, 0.1) is 12.6 Å². The number of nitrogens with zero attached hydrogens (tertiary/aromatic N) is 1. The summed E-state index contributed by atoms with van der Waals surface area (Å²) in [7, 11) is 1.70. The molecule has 1 aromatic rings. The van der Waals surface area contributed by atoms with Gasteiger partial charge in [0.25, 0.3) is 0 Å².